The third kappa shape index (κ3) is 5.58. The molecule has 8 heteroatoms. The van der Waals surface area contributed by atoms with Crippen LogP contribution in [0.25, 0.3) is 16.8 Å². The van der Waals surface area contributed by atoms with Crippen LogP contribution in [-0.4, -0.2) is 86.0 Å². The Hall–Kier alpha value is -3.36. The summed E-state index contributed by atoms with van der Waals surface area (Å²) in [5.41, 5.74) is 2.85. The summed E-state index contributed by atoms with van der Waals surface area (Å²) < 4.78 is 12.6. The highest BCUT2D eigenvalue weighted by molar-refractivity contribution is 5.99. The maximum atomic E-state index is 13.2. The van der Waals surface area contributed by atoms with E-state index in [1.807, 2.05) is 54.7 Å². The third-order valence-electron chi connectivity index (χ3n) is 6.18. The number of para-hydroxylation sites is 1. The van der Waals surface area contributed by atoms with Gasteiger partial charge < -0.3 is 24.6 Å². The number of hydrogen-bond donors (Lipinski definition) is 1. The summed E-state index contributed by atoms with van der Waals surface area (Å²) in [6.45, 7) is 5.94. The lowest BCUT2D eigenvalue weighted by molar-refractivity contribution is 0.0944. The maximum absolute atomic E-state index is 13.2. The van der Waals surface area contributed by atoms with Crippen LogP contribution in [0, 0.1) is 0 Å². The predicted molar refractivity (Wildman–Crippen MR) is 133 cm³/mol. The molecule has 0 radical (unpaired) electrons. The Morgan fingerprint density at radius 1 is 1.00 bits per heavy atom. The van der Waals surface area contributed by atoms with Crippen molar-refractivity contribution >= 4 is 5.91 Å². The van der Waals surface area contributed by atoms with E-state index in [9.17, 15) is 4.79 Å². The van der Waals surface area contributed by atoms with Gasteiger partial charge in [-0.05, 0) is 49.8 Å². The van der Waals surface area contributed by atoms with Crippen molar-refractivity contribution < 1.29 is 14.3 Å². The molecule has 1 aliphatic rings. The minimum Gasteiger partial charge on any atom is -0.493 e. The van der Waals surface area contributed by atoms with Crippen LogP contribution in [0.4, 0.5) is 0 Å². The van der Waals surface area contributed by atoms with Crippen molar-refractivity contribution in [3.8, 4) is 28.3 Å². The number of aromatic nitrogens is 2. The topological polar surface area (TPSA) is 71.9 Å². The standard InChI is InChI=1S/C26H33N5O3/c1-29-14-16-30(17-15-29)13-7-12-27-26(32)25-22(19-31(28-25)21-8-5-4-6-9-21)20-10-11-23(33-2)24(18-20)34-3/h4-6,8-11,18-19H,7,12-17H2,1-3H3,(H,27,32). The van der Waals surface area contributed by atoms with E-state index in [2.05, 4.69) is 27.3 Å². The van der Waals surface area contributed by atoms with Gasteiger partial charge in [-0.25, -0.2) is 4.68 Å². The molecule has 0 aliphatic carbocycles. The molecule has 2 heterocycles. The summed E-state index contributed by atoms with van der Waals surface area (Å²) in [5, 5.41) is 7.71. The van der Waals surface area contributed by atoms with Crippen LogP contribution in [0.3, 0.4) is 0 Å². The molecule has 1 amide bonds. The van der Waals surface area contributed by atoms with Gasteiger partial charge in [0.15, 0.2) is 17.2 Å². The third-order valence-corrected chi connectivity index (χ3v) is 6.18. The molecule has 1 N–H and O–H groups in total. The van der Waals surface area contributed by atoms with E-state index in [0.29, 0.717) is 23.7 Å². The SMILES string of the molecule is COc1ccc(-c2cn(-c3ccccc3)nc2C(=O)NCCCN2CCN(C)CC2)cc1OC. The molecule has 3 aromatic rings. The van der Waals surface area contributed by atoms with Crippen molar-refractivity contribution in [1.82, 2.24) is 24.9 Å². The Balaban J connectivity index is 1.52. The quantitative estimate of drug-likeness (QED) is 0.492. The van der Waals surface area contributed by atoms with Gasteiger partial charge in [-0.2, -0.15) is 5.10 Å². The van der Waals surface area contributed by atoms with Crippen LogP contribution in [0.1, 0.15) is 16.9 Å². The Morgan fingerprint density at radius 3 is 2.44 bits per heavy atom. The first-order chi connectivity index (χ1) is 16.6. The summed E-state index contributed by atoms with van der Waals surface area (Å²) in [6.07, 6.45) is 2.79. The van der Waals surface area contributed by atoms with Gasteiger partial charge in [0.2, 0.25) is 0 Å². The Labute approximate surface area is 201 Å². The number of carbonyl (C=O) groups is 1. The fraction of sp³-hybridized carbons (Fsp3) is 0.385. The van der Waals surface area contributed by atoms with Gasteiger partial charge >= 0.3 is 0 Å². The van der Waals surface area contributed by atoms with E-state index in [1.165, 1.54) is 0 Å². The number of carbonyl (C=O) groups excluding carboxylic acids is 1. The monoisotopic (exact) mass is 463 g/mol. The average molecular weight is 464 g/mol. The molecule has 0 spiro atoms. The zero-order valence-electron chi connectivity index (χ0n) is 20.2. The second kappa shape index (κ2) is 11.2. The van der Waals surface area contributed by atoms with E-state index in [4.69, 9.17) is 9.47 Å². The number of hydrogen-bond acceptors (Lipinski definition) is 6. The summed E-state index contributed by atoms with van der Waals surface area (Å²) in [7, 11) is 5.36. The van der Waals surface area contributed by atoms with Crippen molar-refractivity contribution in [2.75, 3.05) is 60.5 Å². The molecule has 2 aromatic carbocycles. The summed E-state index contributed by atoms with van der Waals surface area (Å²) in [6, 6.07) is 15.4. The lowest BCUT2D eigenvalue weighted by atomic mass is 10.1. The number of nitrogens with zero attached hydrogens (tertiary/aromatic N) is 4. The first-order valence-electron chi connectivity index (χ1n) is 11.7. The zero-order valence-corrected chi connectivity index (χ0v) is 20.2. The molecule has 0 saturated carbocycles. The van der Waals surface area contributed by atoms with Gasteiger partial charge in [-0.3, -0.25) is 4.79 Å². The van der Waals surface area contributed by atoms with Gasteiger partial charge in [0, 0.05) is 44.5 Å². The van der Waals surface area contributed by atoms with Gasteiger partial charge in [0.25, 0.3) is 5.91 Å². The maximum Gasteiger partial charge on any atom is 0.272 e. The van der Waals surface area contributed by atoms with Crippen molar-refractivity contribution in [2.45, 2.75) is 6.42 Å². The van der Waals surface area contributed by atoms with Gasteiger partial charge in [0.05, 0.1) is 19.9 Å². The Kier molecular flexibility index (Phi) is 7.82. The van der Waals surface area contributed by atoms with Crippen molar-refractivity contribution in [3.05, 3.63) is 60.4 Å². The molecule has 1 aromatic heterocycles. The van der Waals surface area contributed by atoms with Crippen LogP contribution in [0.2, 0.25) is 0 Å². The fourth-order valence-electron chi connectivity index (χ4n) is 4.13. The normalized spacial score (nSPS) is 14.7. The lowest BCUT2D eigenvalue weighted by Crippen LogP contribution is -2.45. The van der Waals surface area contributed by atoms with Crippen molar-refractivity contribution in [1.29, 1.82) is 0 Å². The van der Waals surface area contributed by atoms with E-state index < -0.39 is 0 Å². The number of amides is 1. The first kappa shape index (κ1) is 23.8. The summed E-state index contributed by atoms with van der Waals surface area (Å²) in [4.78, 5) is 18.0. The number of piperazine rings is 1. The van der Waals surface area contributed by atoms with E-state index in [-0.39, 0.29) is 5.91 Å². The number of ether oxygens (including phenoxy) is 2. The first-order valence-corrected chi connectivity index (χ1v) is 11.7. The molecule has 8 nitrogen and oxygen atoms in total. The lowest BCUT2D eigenvalue weighted by Gasteiger charge is -2.32. The van der Waals surface area contributed by atoms with Crippen molar-refractivity contribution in [3.63, 3.8) is 0 Å². The number of rotatable bonds is 9. The smallest absolute Gasteiger partial charge is 0.272 e. The molecule has 0 atom stereocenters. The molecular formula is C26H33N5O3. The molecule has 180 valence electrons. The van der Waals surface area contributed by atoms with Crippen LogP contribution in [0.5, 0.6) is 11.5 Å². The molecule has 1 fully saturated rings. The minimum absolute atomic E-state index is 0.183. The van der Waals surface area contributed by atoms with E-state index in [0.717, 1.165) is 56.0 Å². The highest BCUT2D eigenvalue weighted by Crippen LogP contribution is 2.34. The summed E-state index contributed by atoms with van der Waals surface area (Å²) in [5.74, 6) is 1.06. The average Bonchev–Trinajstić information content (AvgIpc) is 3.33. The van der Waals surface area contributed by atoms with Gasteiger partial charge in [0.1, 0.15) is 0 Å². The number of nitrogens with one attached hydrogen (secondary N) is 1. The molecule has 4 rings (SSSR count). The molecule has 0 unspecified atom stereocenters. The van der Waals surface area contributed by atoms with Crippen LogP contribution in [-0.2, 0) is 0 Å². The number of likely N-dealkylation sites (N-methyl/N-ethyl adjacent to an activating group) is 1. The van der Waals surface area contributed by atoms with Gasteiger partial charge in [-0.1, -0.05) is 24.3 Å². The van der Waals surface area contributed by atoms with Crippen LogP contribution in [0.15, 0.2) is 54.7 Å². The van der Waals surface area contributed by atoms with E-state index >= 15 is 0 Å². The second-order valence-corrected chi connectivity index (χ2v) is 8.50. The molecule has 0 bridgehead atoms. The van der Waals surface area contributed by atoms with Crippen LogP contribution < -0.4 is 14.8 Å². The molecule has 34 heavy (non-hydrogen) atoms. The van der Waals surface area contributed by atoms with E-state index in [1.54, 1.807) is 18.9 Å². The molecule has 1 aliphatic heterocycles. The second-order valence-electron chi connectivity index (χ2n) is 8.50. The zero-order chi connectivity index (χ0) is 23.9. The number of methoxy groups -OCH3 is 2. The van der Waals surface area contributed by atoms with Crippen molar-refractivity contribution in [2.24, 2.45) is 0 Å². The highest BCUT2D eigenvalue weighted by Gasteiger charge is 2.20. The molecular weight excluding hydrogens is 430 g/mol. The van der Waals surface area contributed by atoms with Gasteiger partial charge in [-0.15, -0.1) is 0 Å². The summed E-state index contributed by atoms with van der Waals surface area (Å²) >= 11 is 0. The highest BCUT2D eigenvalue weighted by atomic mass is 16.5. The Bertz CT molecular complexity index is 1090. The molecule has 1 saturated heterocycles. The fourth-order valence-corrected chi connectivity index (χ4v) is 4.13. The predicted octanol–water partition coefficient (Wildman–Crippen LogP) is 2.92. The number of benzene rings is 2. The minimum atomic E-state index is -0.183. The largest absolute Gasteiger partial charge is 0.493 e. The van der Waals surface area contributed by atoms with Crippen LogP contribution >= 0.6 is 0 Å². The Morgan fingerprint density at radius 2 is 1.74 bits per heavy atom.